The molecule has 8 heteroatoms. The van der Waals surface area contributed by atoms with Gasteiger partial charge in [0, 0.05) is 0 Å². The largest absolute Gasteiger partial charge is 0.484 e. The fraction of sp³-hybridized carbons (Fsp3) is 0.125. The molecule has 0 aliphatic carbocycles. The number of rotatable bonds is 8. The molecule has 0 aliphatic rings. The highest BCUT2D eigenvalue weighted by Gasteiger charge is 2.29. The maximum Gasteiger partial charge on any atom is 0.416 e. The molecule has 0 heterocycles. The summed E-state index contributed by atoms with van der Waals surface area (Å²) >= 11 is 6.24. The molecule has 4 nitrogen and oxygen atoms in total. The molecule has 0 radical (unpaired) electrons. The summed E-state index contributed by atoms with van der Waals surface area (Å²) in [5.41, 5.74) is 0.461. The first-order chi connectivity index (χ1) is 15.2. The maximum atomic E-state index is 12.6. The molecule has 0 fully saturated rings. The predicted molar refractivity (Wildman–Crippen MR) is 115 cm³/mol. The Kier molecular flexibility index (Phi) is 7.43. The van der Waals surface area contributed by atoms with Crippen LogP contribution in [0.3, 0.4) is 0 Å². The van der Waals surface area contributed by atoms with E-state index in [1.807, 2.05) is 0 Å². The Labute approximate surface area is 187 Å². The van der Waals surface area contributed by atoms with Gasteiger partial charge in [-0.1, -0.05) is 48.0 Å². The number of hydrogen-bond acceptors (Lipinski definition) is 3. The van der Waals surface area contributed by atoms with Gasteiger partial charge in [0.25, 0.3) is 0 Å². The fourth-order valence-corrected chi connectivity index (χ4v) is 3.05. The van der Waals surface area contributed by atoms with Crippen molar-refractivity contribution in [3.05, 3.63) is 94.5 Å². The van der Waals surface area contributed by atoms with Gasteiger partial charge in [0.05, 0.1) is 17.0 Å². The predicted octanol–water partition coefficient (Wildman–Crippen LogP) is 6.87. The number of carboxylic acids is 1. The average molecular weight is 463 g/mol. The molecule has 0 aromatic heterocycles. The first-order valence-electron chi connectivity index (χ1n) is 9.46. The Balaban J connectivity index is 1.67. The number of ether oxygens (including phenoxy) is 2. The van der Waals surface area contributed by atoms with Gasteiger partial charge in [-0.15, -0.1) is 0 Å². The van der Waals surface area contributed by atoms with Gasteiger partial charge in [-0.05, 0) is 53.6 Å². The third-order valence-electron chi connectivity index (χ3n) is 4.28. The third-order valence-corrected chi connectivity index (χ3v) is 4.58. The molecule has 0 saturated heterocycles. The van der Waals surface area contributed by atoms with Gasteiger partial charge in [0.2, 0.25) is 0 Å². The minimum absolute atomic E-state index is 0.0974. The smallest absolute Gasteiger partial charge is 0.416 e. The first kappa shape index (κ1) is 23.2. The first-order valence-corrected chi connectivity index (χ1v) is 9.84. The maximum absolute atomic E-state index is 12.6. The molecule has 0 atom stereocenters. The van der Waals surface area contributed by atoms with E-state index in [2.05, 4.69) is 0 Å². The summed E-state index contributed by atoms with van der Waals surface area (Å²) in [6.45, 7) is 0.0974. The molecule has 3 aromatic rings. The normalized spacial score (nSPS) is 11.5. The molecule has 0 amide bonds. The SMILES string of the molecule is O=C(O)Cc1cccc(Oc2cccc(Cl)c2OC/C=C/c2ccc(C(F)(F)F)cc2)c1. The summed E-state index contributed by atoms with van der Waals surface area (Å²) in [7, 11) is 0. The summed E-state index contributed by atoms with van der Waals surface area (Å²) in [4.78, 5) is 10.9. The number of hydrogen-bond donors (Lipinski definition) is 1. The van der Waals surface area contributed by atoms with Crippen molar-refractivity contribution >= 4 is 23.6 Å². The lowest BCUT2D eigenvalue weighted by molar-refractivity contribution is -0.138. The Morgan fingerprint density at radius 1 is 1.03 bits per heavy atom. The van der Waals surface area contributed by atoms with Crippen LogP contribution in [0.4, 0.5) is 13.2 Å². The fourth-order valence-electron chi connectivity index (χ4n) is 2.83. The Bertz CT molecular complexity index is 1110. The highest BCUT2D eigenvalue weighted by molar-refractivity contribution is 6.32. The van der Waals surface area contributed by atoms with Crippen LogP contribution in [-0.2, 0) is 17.4 Å². The van der Waals surface area contributed by atoms with E-state index in [4.69, 9.17) is 26.2 Å². The van der Waals surface area contributed by atoms with Crippen LogP contribution >= 0.6 is 11.6 Å². The molecule has 32 heavy (non-hydrogen) atoms. The zero-order valence-corrected chi connectivity index (χ0v) is 17.4. The van der Waals surface area contributed by atoms with Crippen LogP contribution in [0.25, 0.3) is 6.08 Å². The second-order valence-corrected chi connectivity index (χ2v) is 7.13. The van der Waals surface area contributed by atoms with Crippen molar-refractivity contribution in [1.29, 1.82) is 0 Å². The topological polar surface area (TPSA) is 55.8 Å². The van der Waals surface area contributed by atoms with Crippen LogP contribution in [0.2, 0.25) is 5.02 Å². The average Bonchev–Trinajstić information content (AvgIpc) is 2.72. The summed E-state index contributed by atoms with van der Waals surface area (Å²) in [5.74, 6) is 0.104. The van der Waals surface area contributed by atoms with Crippen molar-refractivity contribution in [2.75, 3.05) is 6.61 Å². The van der Waals surface area contributed by atoms with E-state index in [-0.39, 0.29) is 18.8 Å². The molecule has 0 saturated carbocycles. The van der Waals surface area contributed by atoms with Gasteiger partial charge in [-0.3, -0.25) is 4.79 Å². The van der Waals surface area contributed by atoms with Gasteiger partial charge in [-0.2, -0.15) is 13.2 Å². The number of benzene rings is 3. The highest BCUT2D eigenvalue weighted by Crippen LogP contribution is 2.38. The van der Waals surface area contributed by atoms with Crippen LogP contribution in [0, 0.1) is 0 Å². The zero-order valence-electron chi connectivity index (χ0n) is 16.6. The second-order valence-electron chi connectivity index (χ2n) is 6.72. The molecule has 0 aliphatic heterocycles. The Morgan fingerprint density at radius 2 is 1.75 bits per heavy atom. The van der Waals surface area contributed by atoms with Gasteiger partial charge in [0.1, 0.15) is 12.4 Å². The Morgan fingerprint density at radius 3 is 2.44 bits per heavy atom. The van der Waals surface area contributed by atoms with Crippen molar-refractivity contribution in [2.24, 2.45) is 0 Å². The van der Waals surface area contributed by atoms with Crippen molar-refractivity contribution in [2.45, 2.75) is 12.6 Å². The summed E-state index contributed by atoms with van der Waals surface area (Å²) in [5, 5.41) is 9.26. The van der Waals surface area contributed by atoms with Crippen molar-refractivity contribution < 1.29 is 32.5 Å². The van der Waals surface area contributed by atoms with E-state index < -0.39 is 17.7 Å². The molecule has 0 unspecified atom stereocenters. The molecular formula is C24H18ClF3O4. The van der Waals surface area contributed by atoms with E-state index in [1.165, 1.54) is 12.1 Å². The second kappa shape index (κ2) is 10.2. The van der Waals surface area contributed by atoms with Crippen LogP contribution in [-0.4, -0.2) is 17.7 Å². The molecule has 3 rings (SSSR count). The van der Waals surface area contributed by atoms with Gasteiger partial charge >= 0.3 is 12.1 Å². The van der Waals surface area contributed by atoms with E-state index in [0.29, 0.717) is 27.6 Å². The highest BCUT2D eigenvalue weighted by atomic mass is 35.5. The van der Waals surface area contributed by atoms with E-state index in [0.717, 1.165) is 12.1 Å². The lowest BCUT2D eigenvalue weighted by Gasteiger charge is -2.13. The number of alkyl halides is 3. The van der Waals surface area contributed by atoms with Gasteiger partial charge in [-0.25, -0.2) is 0 Å². The van der Waals surface area contributed by atoms with E-state index >= 15 is 0 Å². The number of para-hydroxylation sites is 1. The molecule has 0 spiro atoms. The summed E-state index contributed by atoms with van der Waals surface area (Å²) in [6.07, 6.45) is -1.24. The summed E-state index contributed by atoms with van der Waals surface area (Å²) in [6, 6.07) is 16.4. The number of aliphatic carboxylic acids is 1. The quantitative estimate of drug-likeness (QED) is 0.397. The minimum atomic E-state index is -4.38. The number of halogens is 4. The molecule has 3 aromatic carbocycles. The number of carboxylic acid groups (broad SMARTS) is 1. The lowest BCUT2D eigenvalue weighted by atomic mass is 10.1. The monoisotopic (exact) mass is 462 g/mol. The van der Waals surface area contributed by atoms with Crippen molar-refractivity contribution in [1.82, 2.24) is 0 Å². The molecule has 166 valence electrons. The van der Waals surface area contributed by atoms with Crippen LogP contribution in [0.15, 0.2) is 72.8 Å². The summed E-state index contributed by atoms with van der Waals surface area (Å²) < 4.78 is 49.5. The van der Waals surface area contributed by atoms with E-state index in [9.17, 15) is 18.0 Å². The van der Waals surface area contributed by atoms with Crippen LogP contribution < -0.4 is 9.47 Å². The Hall–Kier alpha value is -3.45. The number of carbonyl (C=O) groups is 1. The van der Waals surface area contributed by atoms with Crippen molar-refractivity contribution in [3.63, 3.8) is 0 Å². The standard InChI is InChI=1S/C24H18ClF3O4/c25-20-7-2-8-21(32-19-6-1-4-17(14-19)15-22(29)30)23(20)31-13-3-5-16-9-11-18(12-10-16)24(26,27)28/h1-12,14H,13,15H2,(H,29,30)/b5-3+. The molecule has 0 bridgehead atoms. The van der Waals surface area contributed by atoms with Crippen LogP contribution in [0.5, 0.6) is 17.2 Å². The van der Waals surface area contributed by atoms with Crippen molar-refractivity contribution in [3.8, 4) is 17.2 Å². The minimum Gasteiger partial charge on any atom is -0.484 e. The van der Waals surface area contributed by atoms with Gasteiger partial charge in [0.15, 0.2) is 11.5 Å². The van der Waals surface area contributed by atoms with E-state index in [1.54, 1.807) is 54.6 Å². The molecule has 1 N–H and O–H groups in total. The lowest BCUT2D eigenvalue weighted by Crippen LogP contribution is -2.04. The third kappa shape index (κ3) is 6.52. The van der Waals surface area contributed by atoms with Crippen LogP contribution in [0.1, 0.15) is 16.7 Å². The molecular weight excluding hydrogens is 445 g/mol. The van der Waals surface area contributed by atoms with Gasteiger partial charge < -0.3 is 14.6 Å². The zero-order chi connectivity index (χ0) is 23.1.